The maximum absolute atomic E-state index is 12.6. The molecule has 0 aromatic heterocycles. The molecule has 0 atom stereocenters. The van der Waals surface area contributed by atoms with Crippen molar-refractivity contribution in [2.24, 2.45) is 0 Å². The number of nitrogens with zero attached hydrogens (tertiary/aromatic N) is 2. The molecule has 1 heterocycles. The number of imide groups is 1. The minimum atomic E-state index is -0.869. The number of amides is 2. The summed E-state index contributed by atoms with van der Waals surface area (Å²) in [5, 5.41) is 22.8. The number of benzene rings is 2. The molecule has 1 fully saturated rings. The Morgan fingerprint density at radius 2 is 2.00 bits per heavy atom. The molecule has 2 amide bonds. The van der Waals surface area contributed by atoms with Crippen molar-refractivity contribution in [1.82, 2.24) is 0 Å². The average Bonchev–Trinajstić information content (AvgIpc) is 2.89. The second-order valence-corrected chi connectivity index (χ2v) is 6.76. The summed E-state index contributed by atoms with van der Waals surface area (Å²) in [5.74, 6) is -1.70. The molecule has 0 unspecified atom stereocenters. The van der Waals surface area contributed by atoms with Crippen molar-refractivity contribution in [3.8, 4) is 11.5 Å². The summed E-state index contributed by atoms with van der Waals surface area (Å²) < 4.78 is 4.86. The molecule has 0 spiro atoms. The summed E-state index contributed by atoms with van der Waals surface area (Å²) in [5.41, 5.74) is -0.184. The van der Waals surface area contributed by atoms with Gasteiger partial charge in [0.2, 0.25) is 0 Å². The van der Waals surface area contributed by atoms with Crippen LogP contribution in [-0.2, 0) is 4.79 Å². The third-order valence-electron chi connectivity index (χ3n) is 3.63. The predicted octanol–water partition coefficient (Wildman–Crippen LogP) is 3.57. The van der Waals surface area contributed by atoms with Crippen LogP contribution in [-0.4, -0.2) is 23.2 Å². The van der Waals surface area contributed by atoms with Gasteiger partial charge in [0.15, 0.2) is 0 Å². The number of nitro groups is 1. The van der Waals surface area contributed by atoms with Crippen molar-refractivity contribution >= 4 is 52.0 Å². The van der Waals surface area contributed by atoms with Gasteiger partial charge in [0.05, 0.1) is 22.6 Å². The van der Waals surface area contributed by atoms with Gasteiger partial charge in [0.25, 0.3) is 16.8 Å². The number of rotatable bonds is 4. The molecule has 1 saturated heterocycles. The number of anilines is 1. The monoisotopic (exact) mass is 405 g/mol. The smallest absolute Gasteiger partial charge is 0.298 e. The summed E-state index contributed by atoms with van der Waals surface area (Å²) in [4.78, 5) is 36.1. The molecule has 0 aliphatic carbocycles. The molecule has 3 rings (SSSR count). The zero-order valence-electron chi connectivity index (χ0n) is 13.7. The van der Waals surface area contributed by atoms with E-state index in [2.05, 4.69) is 0 Å². The largest absolute Gasteiger partial charge is 0.865 e. The van der Waals surface area contributed by atoms with Crippen molar-refractivity contribution in [3.63, 3.8) is 0 Å². The first-order chi connectivity index (χ1) is 12.8. The highest BCUT2D eigenvalue weighted by Crippen LogP contribution is 2.39. The third kappa shape index (κ3) is 3.60. The van der Waals surface area contributed by atoms with Gasteiger partial charge in [-0.2, -0.15) is 0 Å². The number of methoxy groups -OCH3 is 1. The second kappa shape index (κ2) is 7.29. The molecule has 0 N–H and O–H groups in total. The Bertz CT molecular complexity index is 1010. The average molecular weight is 406 g/mol. The van der Waals surface area contributed by atoms with Gasteiger partial charge in [0, 0.05) is 16.8 Å². The van der Waals surface area contributed by atoms with Gasteiger partial charge in [-0.1, -0.05) is 17.7 Å². The van der Waals surface area contributed by atoms with E-state index in [1.54, 1.807) is 18.2 Å². The topological polar surface area (TPSA) is 113 Å². The highest BCUT2D eigenvalue weighted by atomic mass is 35.5. The van der Waals surface area contributed by atoms with Gasteiger partial charge in [0.1, 0.15) is 5.75 Å². The Morgan fingerprint density at radius 3 is 2.63 bits per heavy atom. The Hall–Kier alpha value is -3.04. The Kier molecular flexibility index (Phi) is 5.06. The van der Waals surface area contributed by atoms with E-state index in [1.165, 1.54) is 25.3 Å². The van der Waals surface area contributed by atoms with Gasteiger partial charge >= 0.3 is 0 Å². The lowest BCUT2D eigenvalue weighted by atomic mass is 10.1. The SMILES string of the molecule is COc1cc(/C=C2/SC(=O)N(c3cccc(Cl)c3)C2=O)cc([N+](=O)[O-])c1[O-]. The molecule has 0 radical (unpaired) electrons. The zero-order chi connectivity index (χ0) is 19.7. The van der Waals surface area contributed by atoms with Crippen LogP contribution >= 0.6 is 23.4 Å². The maximum atomic E-state index is 12.6. The summed E-state index contributed by atoms with van der Waals surface area (Å²) >= 11 is 6.58. The standard InChI is InChI=1S/C17H11ClN2O6S/c1-26-13-6-9(5-12(15(13)21)20(24)25)7-14-16(22)19(17(23)27-14)11-4-2-3-10(18)8-11/h2-8,21H,1H3/p-1/b14-7+. The predicted molar refractivity (Wildman–Crippen MR) is 99.0 cm³/mol. The second-order valence-electron chi connectivity index (χ2n) is 5.33. The first kappa shape index (κ1) is 18.7. The minimum absolute atomic E-state index is 0.0509. The molecule has 138 valence electrons. The van der Waals surface area contributed by atoms with Crippen LogP contribution in [0.2, 0.25) is 5.02 Å². The van der Waals surface area contributed by atoms with E-state index in [9.17, 15) is 24.8 Å². The lowest BCUT2D eigenvalue weighted by molar-refractivity contribution is -0.398. The summed E-state index contributed by atoms with van der Waals surface area (Å²) in [6.45, 7) is 0. The van der Waals surface area contributed by atoms with Gasteiger partial charge in [-0.15, -0.1) is 0 Å². The molecule has 1 aliphatic rings. The molecule has 8 nitrogen and oxygen atoms in total. The summed E-state index contributed by atoms with van der Waals surface area (Å²) in [7, 11) is 1.21. The molecule has 27 heavy (non-hydrogen) atoms. The maximum Gasteiger partial charge on any atom is 0.298 e. The fourth-order valence-corrected chi connectivity index (χ4v) is 3.46. The zero-order valence-corrected chi connectivity index (χ0v) is 15.2. The van der Waals surface area contributed by atoms with E-state index in [4.69, 9.17) is 16.3 Å². The number of ether oxygens (including phenoxy) is 1. The number of halogens is 1. The van der Waals surface area contributed by atoms with Crippen LogP contribution in [0.15, 0.2) is 41.3 Å². The minimum Gasteiger partial charge on any atom is -0.865 e. The van der Waals surface area contributed by atoms with Gasteiger partial charge in [-0.3, -0.25) is 19.7 Å². The highest BCUT2D eigenvalue weighted by Gasteiger charge is 2.36. The van der Waals surface area contributed by atoms with Crippen LogP contribution in [0, 0.1) is 10.1 Å². The molecule has 10 heteroatoms. The van der Waals surface area contributed by atoms with Crippen LogP contribution in [0.1, 0.15) is 5.56 Å². The molecule has 0 saturated carbocycles. The van der Waals surface area contributed by atoms with Crippen molar-refractivity contribution in [3.05, 3.63) is 62.0 Å². The van der Waals surface area contributed by atoms with E-state index >= 15 is 0 Å². The Labute approximate surface area is 162 Å². The van der Waals surface area contributed by atoms with Crippen molar-refractivity contribution in [2.75, 3.05) is 12.0 Å². The van der Waals surface area contributed by atoms with Crippen LogP contribution in [0.3, 0.4) is 0 Å². The number of hydrogen-bond acceptors (Lipinski definition) is 7. The van der Waals surface area contributed by atoms with Crippen molar-refractivity contribution < 1.29 is 24.4 Å². The number of hydrogen-bond donors (Lipinski definition) is 0. The van der Waals surface area contributed by atoms with Gasteiger partial charge < -0.3 is 9.84 Å². The number of thioether (sulfide) groups is 1. The first-order valence-electron chi connectivity index (χ1n) is 7.38. The summed E-state index contributed by atoms with van der Waals surface area (Å²) in [6.07, 6.45) is 1.30. The lowest BCUT2D eigenvalue weighted by Gasteiger charge is -2.13. The van der Waals surface area contributed by atoms with Gasteiger partial charge in [-0.05, 0) is 47.7 Å². The number of carbonyl (C=O) groups excluding carboxylic acids is 2. The van der Waals surface area contributed by atoms with Crippen LogP contribution < -0.4 is 14.7 Å². The van der Waals surface area contributed by atoms with Crippen LogP contribution in [0.4, 0.5) is 16.2 Å². The molecular formula is C17H10ClN2O6S-. The molecule has 1 aliphatic heterocycles. The fraction of sp³-hybridized carbons (Fsp3) is 0.0588. The molecular weight excluding hydrogens is 396 g/mol. The number of nitro benzene ring substituents is 1. The normalized spacial score (nSPS) is 15.5. The quantitative estimate of drug-likeness (QED) is 0.434. The lowest BCUT2D eigenvalue weighted by Crippen LogP contribution is -2.27. The Morgan fingerprint density at radius 1 is 1.26 bits per heavy atom. The summed E-state index contributed by atoms with van der Waals surface area (Å²) in [6, 6.07) is 8.54. The van der Waals surface area contributed by atoms with E-state index in [1.807, 2.05) is 0 Å². The first-order valence-corrected chi connectivity index (χ1v) is 8.58. The van der Waals surface area contributed by atoms with Crippen molar-refractivity contribution in [1.29, 1.82) is 0 Å². The fourth-order valence-electron chi connectivity index (χ4n) is 2.44. The number of carbonyl (C=O) groups is 2. The van der Waals surface area contributed by atoms with E-state index in [-0.39, 0.29) is 16.2 Å². The Balaban J connectivity index is 2.01. The molecule has 0 bridgehead atoms. The third-order valence-corrected chi connectivity index (χ3v) is 4.74. The molecule has 2 aromatic carbocycles. The highest BCUT2D eigenvalue weighted by molar-refractivity contribution is 8.19. The van der Waals surface area contributed by atoms with Crippen LogP contribution in [0.5, 0.6) is 11.5 Å². The molecule has 2 aromatic rings. The van der Waals surface area contributed by atoms with Crippen molar-refractivity contribution in [2.45, 2.75) is 0 Å². The van der Waals surface area contributed by atoms with E-state index in [0.29, 0.717) is 22.5 Å². The van der Waals surface area contributed by atoms with Gasteiger partial charge in [-0.25, -0.2) is 4.90 Å². The van der Waals surface area contributed by atoms with E-state index < -0.39 is 27.5 Å². The van der Waals surface area contributed by atoms with E-state index in [0.717, 1.165) is 11.0 Å². The van der Waals surface area contributed by atoms with Crippen LogP contribution in [0.25, 0.3) is 6.08 Å².